The fourth-order valence-corrected chi connectivity index (χ4v) is 4.00. The lowest BCUT2D eigenvalue weighted by Crippen LogP contribution is -2.27. The van der Waals surface area contributed by atoms with Crippen LogP contribution in [0.1, 0.15) is 23.5 Å². The van der Waals surface area contributed by atoms with Gasteiger partial charge in [0.1, 0.15) is 5.82 Å². The highest BCUT2D eigenvalue weighted by Crippen LogP contribution is 2.46. The minimum atomic E-state index is -4.78. The third-order valence-corrected chi connectivity index (χ3v) is 5.90. The van der Waals surface area contributed by atoms with E-state index in [2.05, 4.69) is 29.9 Å². The van der Waals surface area contributed by atoms with E-state index in [9.17, 15) is 44.7 Å². The molecule has 3 N–H and O–H groups in total. The minimum absolute atomic E-state index is 0. The van der Waals surface area contributed by atoms with Crippen molar-refractivity contribution in [3.63, 3.8) is 0 Å². The Morgan fingerprint density at radius 1 is 1.09 bits per heavy atom. The molecule has 4 rings (SSSR count). The van der Waals surface area contributed by atoms with E-state index in [1.54, 1.807) is 0 Å². The molecule has 0 atom stereocenters. The Bertz CT molecular complexity index is 1640. The van der Waals surface area contributed by atoms with Crippen molar-refractivity contribution < 1.29 is 54.2 Å². The number of allylic oxidation sites excluding steroid dienone is 1. The van der Waals surface area contributed by atoms with Gasteiger partial charge in [-0.25, -0.2) is 4.98 Å². The zero-order valence-electron chi connectivity index (χ0n) is 21.8. The number of fused-ring (bicyclic) bond motifs is 1. The first-order valence-corrected chi connectivity index (χ1v) is 12.2. The molecule has 0 radical (unpaired) electrons. The van der Waals surface area contributed by atoms with Crippen molar-refractivity contribution in [2.24, 2.45) is 17.8 Å². The molecule has 0 bridgehead atoms. The molecule has 0 saturated carbocycles. The summed E-state index contributed by atoms with van der Waals surface area (Å²) in [6, 6.07) is 5.15. The van der Waals surface area contributed by atoms with Crippen LogP contribution in [0.2, 0.25) is 5.02 Å². The molecule has 10 nitrogen and oxygen atoms in total. The molecular formula is C25H20Cl2F8N6O4. The van der Waals surface area contributed by atoms with E-state index in [0.29, 0.717) is 22.0 Å². The van der Waals surface area contributed by atoms with Gasteiger partial charge in [0.25, 0.3) is 11.1 Å². The van der Waals surface area contributed by atoms with Crippen molar-refractivity contribution in [2.75, 3.05) is 12.4 Å². The topological polar surface area (TPSA) is 134 Å². The molecule has 2 aromatic heterocycles. The zero-order chi connectivity index (χ0) is 33.2. The number of pyridine rings is 1. The van der Waals surface area contributed by atoms with Crippen LogP contribution >= 0.6 is 23.2 Å². The quantitative estimate of drug-likeness (QED) is 0.134. The molecule has 0 fully saturated rings. The molecule has 20 heteroatoms. The molecular weight excluding hydrogens is 671 g/mol. The molecule has 1 amide bonds. The van der Waals surface area contributed by atoms with Gasteiger partial charge in [0, 0.05) is 43.7 Å². The predicted octanol–water partition coefficient (Wildman–Crippen LogP) is 6.59. The Morgan fingerprint density at radius 3 is 2.13 bits per heavy atom. The maximum absolute atomic E-state index is 13.2. The molecule has 0 spiro atoms. The number of nitrogens with two attached hydrogens (primary N) is 1. The molecule has 45 heavy (non-hydrogen) atoms. The summed E-state index contributed by atoms with van der Waals surface area (Å²) in [6.07, 6.45) is -10.8. The third-order valence-electron chi connectivity index (χ3n) is 5.38. The molecule has 3 heterocycles. The highest BCUT2D eigenvalue weighted by Gasteiger charge is 2.44. The second-order valence-electron chi connectivity index (χ2n) is 8.28. The standard InChI is InChI=1S/C18H10ClF5N4O3.C6H6ClF3N2O.CH4/c1-28-15(17(20,21)22)10(7-26-28)16(29)27-14-3-2-8(6-25-14)9-4-12-13(5-11(9)19)31-18(23,24)30-12;1-12-4(6(8,9)10)3(2-11)5(7)13;/h2-7H,1H3,(H,25,27,29);2H,11H2,1H3;1H4/b;3-2+,12-4?;. The van der Waals surface area contributed by atoms with Gasteiger partial charge in [-0.2, -0.15) is 31.4 Å². The van der Waals surface area contributed by atoms with Crippen molar-refractivity contribution >= 4 is 45.9 Å². The lowest BCUT2D eigenvalue weighted by atomic mass is 10.1. The summed E-state index contributed by atoms with van der Waals surface area (Å²) in [5.41, 5.74) is 1.37. The number of anilines is 1. The van der Waals surface area contributed by atoms with Crippen molar-refractivity contribution in [3.8, 4) is 22.6 Å². The second-order valence-corrected chi connectivity index (χ2v) is 9.04. The van der Waals surface area contributed by atoms with Crippen LogP contribution in [-0.4, -0.2) is 51.1 Å². The number of hydrogen-bond donors (Lipinski definition) is 2. The van der Waals surface area contributed by atoms with E-state index in [4.69, 9.17) is 28.9 Å². The highest BCUT2D eigenvalue weighted by molar-refractivity contribution is 6.71. The van der Waals surface area contributed by atoms with E-state index in [1.165, 1.54) is 24.4 Å². The first kappa shape index (κ1) is 36.7. The molecule has 1 aliphatic heterocycles. The number of halogens is 10. The van der Waals surface area contributed by atoms with Crippen LogP contribution in [0, 0.1) is 0 Å². The molecule has 0 aliphatic carbocycles. The van der Waals surface area contributed by atoms with Crippen LogP contribution in [0.5, 0.6) is 11.5 Å². The second kappa shape index (κ2) is 13.7. The number of aryl methyl sites for hydroxylation is 1. The minimum Gasteiger partial charge on any atom is -0.404 e. The van der Waals surface area contributed by atoms with Gasteiger partial charge in [-0.1, -0.05) is 19.0 Å². The molecule has 1 aromatic carbocycles. The molecule has 0 unspecified atom stereocenters. The van der Waals surface area contributed by atoms with Gasteiger partial charge < -0.3 is 20.5 Å². The summed E-state index contributed by atoms with van der Waals surface area (Å²) in [6.45, 7) is 0. The number of carbonyl (C=O) groups excluding carboxylic acids is 2. The van der Waals surface area contributed by atoms with Crippen molar-refractivity contribution in [1.82, 2.24) is 14.8 Å². The van der Waals surface area contributed by atoms with E-state index in [-0.39, 0.29) is 29.8 Å². The number of hydrogen-bond acceptors (Lipinski definition) is 8. The summed E-state index contributed by atoms with van der Waals surface area (Å²) in [4.78, 5) is 29.6. The first-order valence-electron chi connectivity index (χ1n) is 11.4. The van der Waals surface area contributed by atoms with Gasteiger partial charge in [0.05, 0.1) is 22.4 Å². The Morgan fingerprint density at radius 2 is 1.69 bits per heavy atom. The van der Waals surface area contributed by atoms with Gasteiger partial charge in [-0.3, -0.25) is 19.3 Å². The monoisotopic (exact) mass is 690 g/mol. The fraction of sp³-hybridized carbons (Fsp3) is 0.240. The van der Waals surface area contributed by atoms with E-state index in [1.807, 2.05) is 0 Å². The number of rotatable bonds is 5. The van der Waals surface area contributed by atoms with Crippen molar-refractivity contribution in [3.05, 3.63) is 64.7 Å². The van der Waals surface area contributed by atoms with Gasteiger partial charge in [-0.15, -0.1) is 8.78 Å². The number of aromatic nitrogens is 3. The lowest BCUT2D eigenvalue weighted by Gasteiger charge is -2.10. The fourth-order valence-electron chi connectivity index (χ4n) is 3.58. The number of alkyl halides is 8. The lowest BCUT2D eigenvalue weighted by molar-refractivity contribution is -0.286. The Labute approximate surface area is 258 Å². The highest BCUT2D eigenvalue weighted by atomic mass is 35.5. The average Bonchev–Trinajstić information content (AvgIpc) is 3.44. The molecule has 0 saturated heterocycles. The third kappa shape index (κ3) is 8.59. The maximum Gasteiger partial charge on any atom is 0.586 e. The SMILES string of the molecule is C.CN=C(/C(=C\N)C(=O)Cl)C(F)(F)F.Cn1ncc(C(=O)Nc2ccc(-c3cc4c(cc3Cl)OC(F)(F)O4)cn2)c1C(F)(F)F. The van der Waals surface area contributed by atoms with Crippen molar-refractivity contribution in [2.45, 2.75) is 26.1 Å². The zero-order valence-corrected chi connectivity index (χ0v) is 23.3. The number of nitrogens with one attached hydrogen (secondary N) is 1. The van der Waals surface area contributed by atoms with E-state index in [0.717, 1.165) is 26.4 Å². The van der Waals surface area contributed by atoms with Crippen LogP contribution < -0.4 is 20.5 Å². The molecule has 244 valence electrons. The van der Waals surface area contributed by atoms with E-state index >= 15 is 0 Å². The summed E-state index contributed by atoms with van der Waals surface area (Å²) in [7, 11) is 1.96. The van der Waals surface area contributed by atoms with Gasteiger partial charge in [0.2, 0.25) is 0 Å². The number of amides is 1. The summed E-state index contributed by atoms with van der Waals surface area (Å²) >= 11 is 11.0. The number of benzene rings is 1. The first-order chi connectivity index (χ1) is 20.3. The Hall–Kier alpha value is -4.45. The van der Waals surface area contributed by atoms with Crippen molar-refractivity contribution in [1.29, 1.82) is 0 Å². The summed E-state index contributed by atoms with van der Waals surface area (Å²) in [5, 5.41) is 4.50. The Balaban J connectivity index is 0.000000430. The van der Waals surface area contributed by atoms with E-state index < -0.39 is 52.3 Å². The average molecular weight is 691 g/mol. The van der Waals surface area contributed by atoms with Crippen LogP contribution in [0.4, 0.5) is 40.9 Å². The predicted molar refractivity (Wildman–Crippen MR) is 146 cm³/mol. The maximum atomic E-state index is 13.2. The summed E-state index contributed by atoms with van der Waals surface area (Å²) in [5.74, 6) is -1.55. The normalized spacial score (nSPS) is 14.2. The van der Waals surface area contributed by atoms with Gasteiger partial charge in [-0.05, 0) is 29.8 Å². The summed E-state index contributed by atoms with van der Waals surface area (Å²) < 4.78 is 111. The van der Waals surface area contributed by atoms with Crippen LogP contribution in [0.3, 0.4) is 0 Å². The molecule has 1 aliphatic rings. The van der Waals surface area contributed by atoms with Gasteiger partial charge >= 0.3 is 18.6 Å². The number of aliphatic imine (C=N–C) groups is 1. The molecule has 3 aromatic rings. The number of nitrogens with zero attached hydrogens (tertiary/aromatic N) is 4. The number of ether oxygens (including phenoxy) is 2. The number of carbonyl (C=O) groups is 2. The smallest absolute Gasteiger partial charge is 0.404 e. The Kier molecular flexibility index (Phi) is 11.2. The van der Waals surface area contributed by atoms with Crippen LogP contribution in [-0.2, 0) is 18.0 Å². The van der Waals surface area contributed by atoms with Crippen LogP contribution in [0.25, 0.3) is 11.1 Å². The largest absolute Gasteiger partial charge is 0.586 e. The van der Waals surface area contributed by atoms with Crippen LogP contribution in [0.15, 0.2) is 53.4 Å². The van der Waals surface area contributed by atoms with Gasteiger partial charge in [0.15, 0.2) is 22.9 Å².